The number of rotatable bonds is 2. The second kappa shape index (κ2) is 4.49. The molecule has 0 radical (unpaired) electrons. The lowest BCUT2D eigenvalue weighted by Crippen LogP contribution is -1.97. The molecule has 1 N–H and O–H groups in total. The summed E-state index contributed by atoms with van der Waals surface area (Å²) in [6.45, 7) is 0. The van der Waals surface area contributed by atoms with Crippen molar-refractivity contribution in [1.29, 1.82) is 0 Å². The molecule has 0 aliphatic carbocycles. The molecule has 0 aromatic heterocycles. The van der Waals surface area contributed by atoms with Gasteiger partial charge in [0.25, 0.3) is 0 Å². The van der Waals surface area contributed by atoms with Crippen LogP contribution in [0, 0.1) is 17.5 Å². The Morgan fingerprint density at radius 1 is 0.941 bits per heavy atom. The SMILES string of the molecule is CNc1ccccc1-c1c(F)cc(F)cc1F. The van der Waals surface area contributed by atoms with Gasteiger partial charge in [-0.3, -0.25) is 0 Å². The van der Waals surface area contributed by atoms with Crippen LogP contribution in [0.3, 0.4) is 0 Å². The number of benzene rings is 2. The molecule has 4 heteroatoms. The first-order chi connectivity index (χ1) is 8.13. The summed E-state index contributed by atoms with van der Waals surface area (Å²) in [6.07, 6.45) is 0. The molecule has 0 fully saturated rings. The van der Waals surface area contributed by atoms with Crippen molar-refractivity contribution in [2.24, 2.45) is 0 Å². The van der Waals surface area contributed by atoms with Crippen LogP contribution in [0.5, 0.6) is 0 Å². The highest BCUT2D eigenvalue weighted by molar-refractivity contribution is 5.78. The molecule has 0 saturated carbocycles. The number of anilines is 1. The fourth-order valence-corrected chi connectivity index (χ4v) is 1.72. The number of para-hydroxylation sites is 1. The number of halogens is 3. The predicted molar refractivity (Wildman–Crippen MR) is 61.3 cm³/mol. The summed E-state index contributed by atoms with van der Waals surface area (Å²) in [7, 11) is 1.65. The lowest BCUT2D eigenvalue weighted by atomic mass is 10.0. The zero-order valence-electron chi connectivity index (χ0n) is 9.10. The van der Waals surface area contributed by atoms with E-state index in [9.17, 15) is 13.2 Å². The van der Waals surface area contributed by atoms with Crippen molar-refractivity contribution >= 4 is 5.69 Å². The molecule has 0 saturated heterocycles. The third-order valence-electron chi connectivity index (χ3n) is 2.47. The molecule has 0 heterocycles. The number of hydrogen-bond acceptors (Lipinski definition) is 1. The molecule has 2 aromatic carbocycles. The van der Waals surface area contributed by atoms with E-state index < -0.39 is 17.5 Å². The van der Waals surface area contributed by atoms with E-state index in [1.54, 1.807) is 31.3 Å². The van der Waals surface area contributed by atoms with Crippen LogP contribution in [-0.4, -0.2) is 7.05 Å². The number of hydrogen-bond donors (Lipinski definition) is 1. The van der Waals surface area contributed by atoms with E-state index in [1.807, 2.05) is 0 Å². The van der Waals surface area contributed by atoms with Gasteiger partial charge in [-0.25, -0.2) is 13.2 Å². The van der Waals surface area contributed by atoms with Crippen molar-refractivity contribution in [2.45, 2.75) is 0 Å². The molecular formula is C13H10F3N. The molecule has 0 bridgehead atoms. The van der Waals surface area contributed by atoms with Gasteiger partial charge in [-0.1, -0.05) is 18.2 Å². The highest BCUT2D eigenvalue weighted by atomic mass is 19.1. The molecule has 88 valence electrons. The van der Waals surface area contributed by atoms with Gasteiger partial charge < -0.3 is 5.32 Å². The minimum absolute atomic E-state index is 0.226. The maximum atomic E-state index is 13.6. The topological polar surface area (TPSA) is 12.0 Å². The minimum Gasteiger partial charge on any atom is -0.388 e. The first-order valence-corrected chi connectivity index (χ1v) is 5.05. The molecule has 0 amide bonds. The van der Waals surface area contributed by atoms with Crippen molar-refractivity contribution in [1.82, 2.24) is 0 Å². The van der Waals surface area contributed by atoms with Crippen molar-refractivity contribution in [2.75, 3.05) is 12.4 Å². The molecule has 2 aromatic rings. The van der Waals surface area contributed by atoms with E-state index in [4.69, 9.17) is 0 Å². The van der Waals surface area contributed by atoms with Crippen LogP contribution in [0.15, 0.2) is 36.4 Å². The highest BCUT2D eigenvalue weighted by Gasteiger charge is 2.15. The molecule has 0 spiro atoms. The van der Waals surface area contributed by atoms with Crippen molar-refractivity contribution in [3.05, 3.63) is 53.8 Å². The van der Waals surface area contributed by atoms with E-state index >= 15 is 0 Å². The van der Waals surface area contributed by atoms with E-state index in [2.05, 4.69) is 5.32 Å². The predicted octanol–water partition coefficient (Wildman–Crippen LogP) is 3.81. The number of nitrogens with one attached hydrogen (secondary N) is 1. The normalized spacial score (nSPS) is 10.4. The van der Waals surface area contributed by atoms with E-state index in [1.165, 1.54) is 0 Å². The van der Waals surface area contributed by atoms with Gasteiger partial charge in [-0.05, 0) is 6.07 Å². The fraction of sp³-hybridized carbons (Fsp3) is 0.0769. The zero-order valence-corrected chi connectivity index (χ0v) is 9.10. The molecule has 17 heavy (non-hydrogen) atoms. The van der Waals surface area contributed by atoms with E-state index in [0.29, 0.717) is 23.4 Å². The third-order valence-corrected chi connectivity index (χ3v) is 2.47. The summed E-state index contributed by atoms with van der Waals surface area (Å²) in [5.74, 6) is -2.75. The Kier molecular flexibility index (Phi) is 3.04. The van der Waals surface area contributed by atoms with Crippen LogP contribution in [0.4, 0.5) is 18.9 Å². The van der Waals surface area contributed by atoms with Crippen molar-refractivity contribution in [3.63, 3.8) is 0 Å². The van der Waals surface area contributed by atoms with Gasteiger partial charge in [0.05, 0.1) is 5.56 Å². The van der Waals surface area contributed by atoms with Gasteiger partial charge in [0.1, 0.15) is 17.5 Å². The standard InChI is InChI=1S/C13H10F3N/c1-17-12-5-3-2-4-9(12)13-10(15)6-8(14)7-11(13)16/h2-7,17H,1H3. The molecule has 0 aliphatic rings. The van der Waals surface area contributed by atoms with Crippen molar-refractivity contribution in [3.8, 4) is 11.1 Å². The van der Waals surface area contributed by atoms with Gasteiger partial charge in [-0.15, -0.1) is 0 Å². The largest absolute Gasteiger partial charge is 0.388 e. The Labute approximate surface area is 96.9 Å². The molecule has 1 nitrogen and oxygen atoms in total. The van der Waals surface area contributed by atoms with Gasteiger partial charge in [0, 0.05) is 30.4 Å². The third kappa shape index (κ3) is 2.11. The minimum atomic E-state index is -0.925. The summed E-state index contributed by atoms with van der Waals surface area (Å²) in [4.78, 5) is 0. The Balaban J connectivity index is 2.68. The van der Waals surface area contributed by atoms with E-state index in [0.717, 1.165) is 0 Å². The fourth-order valence-electron chi connectivity index (χ4n) is 1.72. The van der Waals surface area contributed by atoms with Crippen molar-refractivity contribution < 1.29 is 13.2 Å². The summed E-state index contributed by atoms with van der Waals surface area (Å²) in [5, 5.41) is 2.84. The summed E-state index contributed by atoms with van der Waals surface area (Å²) in [6, 6.07) is 8.02. The van der Waals surface area contributed by atoms with Gasteiger partial charge in [0.2, 0.25) is 0 Å². The van der Waals surface area contributed by atoms with Crippen LogP contribution < -0.4 is 5.32 Å². The summed E-state index contributed by atoms with van der Waals surface area (Å²) < 4.78 is 40.0. The monoisotopic (exact) mass is 237 g/mol. The van der Waals surface area contributed by atoms with E-state index in [-0.39, 0.29) is 5.56 Å². The Hall–Kier alpha value is -1.97. The van der Waals surface area contributed by atoms with Crippen LogP contribution in [0.2, 0.25) is 0 Å². The van der Waals surface area contributed by atoms with Crippen LogP contribution in [-0.2, 0) is 0 Å². The lowest BCUT2D eigenvalue weighted by molar-refractivity contribution is 0.548. The molecule has 0 aliphatic heterocycles. The van der Waals surface area contributed by atoms with Gasteiger partial charge in [0.15, 0.2) is 0 Å². The smallest absolute Gasteiger partial charge is 0.136 e. The second-order valence-corrected chi connectivity index (χ2v) is 3.54. The van der Waals surface area contributed by atoms with Crippen LogP contribution >= 0.6 is 0 Å². The average Bonchev–Trinajstić information content (AvgIpc) is 2.28. The van der Waals surface area contributed by atoms with Crippen LogP contribution in [0.25, 0.3) is 11.1 Å². The van der Waals surface area contributed by atoms with Crippen LogP contribution in [0.1, 0.15) is 0 Å². The maximum Gasteiger partial charge on any atom is 0.136 e. The lowest BCUT2D eigenvalue weighted by Gasteiger charge is -2.10. The quantitative estimate of drug-likeness (QED) is 0.837. The molecule has 2 rings (SSSR count). The summed E-state index contributed by atoms with van der Waals surface area (Å²) >= 11 is 0. The molecule has 0 atom stereocenters. The van der Waals surface area contributed by atoms with Gasteiger partial charge >= 0.3 is 0 Å². The first-order valence-electron chi connectivity index (χ1n) is 5.05. The highest BCUT2D eigenvalue weighted by Crippen LogP contribution is 2.32. The van der Waals surface area contributed by atoms with Gasteiger partial charge in [-0.2, -0.15) is 0 Å². The average molecular weight is 237 g/mol. The maximum absolute atomic E-state index is 13.6. The zero-order chi connectivity index (χ0) is 12.4. The second-order valence-electron chi connectivity index (χ2n) is 3.54. The Bertz CT molecular complexity index is 529. The molecular weight excluding hydrogens is 227 g/mol. The Morgan fingerprint density at radius 2 is 1.53 bits per heavy atom. The molecule has 0 unspecified atom stereocenters. The first kappa shape index (κ1) is 11.5. The summed E-state index contributed by atoms with van der Waals surface area (Å²) in [5.41, 5.74) is 0.721. The Morgan fingerprint density at radius 3 is 2.12 bits per heavy atom.